The summed E-state index contributed by atoms with van der Waals surface area (Å²) in [6.45, 7) is -0.702. The van der Waals surface area contributed by atoms with Crippen LogP contribution in [0.15, 0.2) is 39.5 Å². The maximum Gasteiger partial charge on any atom is 0.239 e. The van der Waals surface area contributed by atoms with E-state index in [-0.39, 0.29) is 45.3 Å². The van der Waals surface area contributed by atoms with E-state index in [1.807, 2.05) is 0 Å². The Morgan fingerprint density at radius 2 is 1.66 bits per heavy atom. The summed E-state index contributed by atoms with van der Waals surface area (Å²) in [6, 6.07) is 6.44. The molecular formula is C23H24O12. The smallest absolute Gasteiger partial charge is 0.239 e. The number of rotatable bonds is 6. The highest BCUT2D eigenvalue weighted by Gasteiger charge is 2.45. The van der Waals surface area contributed by atoms with Crippen LogP contribution < -0.4 is 19.6 Å². The van der Waals surface area contributed by atoms with E-state index in [2.05, 4.69) is 0 Å². The minimum atomic E-state index is -1.80. The first-order valence-electron chi connectivity index (χ1n) is 10.4. The molecule has 2 aromatic carbocycles. The highest BCUT2D eigenvalue weighted by Crippen LogP contribution is 2.39. The molecule has 2 heterocycles. The summed E-state index contributed by atoms with van der Waals surface area (Å²) in [5, 5.41) is 59.9. The molecule has 12 heteroatoms. The second kappa shape index (κ2) is 9.60. The van der Waals surface area contributed by atoms with E-state index in [9.17, 15) is 35.4 Å². The normalized spacial score (nSPS) is 24.3. The third-order valence-corrected chi connectivity index (χ3v) is 5.65. The fourth-order valence-corrected chi connectivity index (χ4v) is 3.81. The van der Waals surface area contributed by atoms with Crippen molar-refractivity contribution in [3.8, 4) is 40.1 Å². The fourth-order valence-electron chi connectivity index (χ4n) is 3.81. The van der Waals surface area contributed by atoms with E-state index < -0.39 is 48.5 Å². The first-order valence-corrected chi connectivity index (χ1v) is 10.4. The Kier molecular flexibility index (Phi) is 6.74. The molecule has 5 atom stereocenters. The lowest BCUT2D eigenvalue weighted by Gasteiger charge is -2.39. The van der Waals surface area contributed by atoms with Crippen LogP contribution >= 0.6 is 0 Å². The van der Waals surface area contributed by atoms with E-state index in [4.69, 9.17) is 23.4 Å². The standard InChI is InChI=1S/C23H24O12/c1-31-12-5-9(3-4-11(12)26)21-22(35-23-20(30)19(29)17(27)15(8-24)34-23)18(28)16-13(32-2)6-10(25)7-14(16)33-21/h3-7,15,17,19-20,23-27,29-30H,8H2,1-2H3. The Balaban J connectivity index is 1.94. The molecule has 0 bridgehead atoms. The highest BCUT2D eigenvalue weighted by atomic mass is 16.7. The van der Waals surface area contributed by atoms with Gasteiger partial charge in [-0.15, -0.1) is 0 Å². The number of aliphatic hydroxyl groups excluding tert-OH is 4. The zero-order valence-electron chi connectivity index (χ0n) is 18.6. The second-order valence-corrected chi connectivity index (χ2v) is 7.81. The minimum absolute atomic E-state index is 0.0257. The molecule has 0 saturated carbocycles. The summed E-state index contributed by atoms with van der Waals surface area (Å²) in [5.41, 5.74) is -0.627. The van der Waals surface area contributed by atoms with Crippen molar-refractivity contribution in [2.45, 2.75) is 30.7 Å². The Bertz CT molecular complexity index is 1280. The van der Waals surface area contributed by atoms with Gasteiger partial charge in [0.2, 0.25) is 17.5 Å². The van der Waals surface area contributed by atoms with E-state index in [1.165, 1.54) is 44.6 Å². The summed E-state index contributed by atoms with van der Waals surface area (Å²) in [5.74, 6) is -1.06. The molecule has 3 aromatic rings. The van der Waals surface area contributed by atoms with Crippen molar-refractivity contribution < 1.29 is 54.0 Å². The first kappa shape index (κ1) is 24.6. The lowest BCUT2D eigenvalue weighted by molar-refractivity contribution is -0.277. The monoisotopic (exact) mass is 492 g/mol. The van der Waals surface area contributed by atoms with Gasteiger partial charge in [0.25, 0.3) is 0 Å². The van der Waals surface area contributed by atoms with Crippen molar-refractivity contribution in [3.63, 3.8) is 0 Å². The lowest BCUT2D eigenvalue weighted by Crippen LogP contribution is -2.60. The lowest BCUT2D eigenvalue weighted by atomic mass is 9.99. The van der Waals surface area contributed by atoms with Crippen molar-refractivity contribution >= 4 is 11.0 Å². The number of hydrogen-bond acceptors (Lipinski definition) is 12. The van der Waals surface area contributed by atoms with Crippen molar-refractivity contribution in [1.82, 2.24) is 0 Å². The molecule has 1 saturated heterocycles. The van der Waals surface area contributed by atoms with Gasteiger partial charge in [-0.3, -0.25) is 4.79 Å². The van der Waals surface area contributed by atoms with Gasteiger partial charge in [-0.05, 0) is 18.2 Å². The topological polar surface area (TPSA) is 189 Å². The summed E-state index contributed by atoms with van der Waals surface area (Å²) in [4.78, 5) is 13.6. The molecule has 0 spiro atoms. The molecule has 4 rings (SSSR count). The summed E-state index contributed by atoms with van der Waals surface area (Å²) < 4.78 is 27.3. The Morgan fingerprint density at radius 3 is 2.31 bits per heavy atom. The average Bonchev–Trinajstić information content (AvgIpc) is 2.85. The van der Waals surface area contributed by atoms with E-state index >= 15 is 0 Å². The molecule has 0 amide bonds. The predicted molar refractivity (Wildman–Crippen MR) is 119 cm³/mol. The average molecular weight is 492 g/mol. The largest absolute Gasteiger partial charge is 0.508 e. The van der Waals surface area contributed by atoms with Crippen LogP contribution in [-0.2, 0) is 4.74 Å². The Labute approximate surface area is 197 Å². The van der Waals surface area contributed by atoms with Gasteiger partial charge >= 0.3 is 0 Å². The molecule has 5 unspecified atom stereocenters. The van der Waals surface area contributed by atoms with E-state index in [0.717, 1.165) is 0 Å². The molecule has 1 aromatic heterocycles. The Hall–Kier alpha value is -3.55. The van der Waals surface area contributed by atoms with Crippen molar-refractivity contribution in [1.29, 1.82) is 0 Å². The third-order valence-electron chi connectivity index (χ3n) is 5.65. The quantitative estimate of drug-likeness (QED) is 0.272. The maximum atomic E-state index is 13.6. The molecule has 1 aliphatic rings. The molecule has 35 heavy (non-hydrogen) atoms. The van der Waals surface area contributed by atoms with Crippen LogP contribution in [0.4, 0.5) is 0 Å². The first-order chi connectivity index (χ1) is 16.7. The molecule has 188 valence electrons. The van der Waals surface area contributed by atoms with Gasteiger partial charge in [-0.25, -0.2) is 0 Å². The number of benzene rings is 2. The van der Waals surface area contributed by atoms with Gasteiger partial charge in [-0.1, -0.05) is 0 Å². The van der Waals surface area contributed by atoms with Crippen molar-refractivity contribution in [3.05, 3.63) is 40.6 Å². The van der Waals surface area contributed by atoms with Crippen LogP contribution in [0.2, 0.25) is 0 Å². The molecule has 1 fully saturated rings. The number of phenolic OH excluding ortho intramolecular Hbond substituents is 2. The van der Waals surface area contributed by atoms with Crippen molar-refractivity contribution in [2.24, 2.45) is 0 Å². The molecule has 0 aliphatic carbocycles. The number of methoxy groups -OCH3 is 2. The molecule has 0 radical (unpaired) electrons. The van der Waals surface area contributed by atoms with Gasteiger partial charge < -0.3 is 54.0 Å². The SMILES string of the molecule is COc1cc(-c2oc3cc(O)cc(OC)c3c(=O)c2OC2OC(CO)C(O)C(O)C2O)ccc1O. The summed E-state index contributed by atoms with van der Waals surface area (Å²) >= 11 is 0. The van der Waals surface area contributed by atoms with Gasteiger partial charge in [0.1, 0.15) is 46.9 Å². The van der Waals surface area contributed by atoms with Crippen LogP contribution in [0.3, 0.4) is 0 Å². The minimum Gasteiger partial charge on any atom is -0.508 e. The molecule has 12 nitrogen and oxygen atoms in total. The van der Waals surface area contributed by atoms with Gasteiger partial charge in [-0.2, -0.15) is 0 Å². The number of hydrogen-bond donors (Lipinski definition) is 6. The Morgan fingerprint density at radius 1 is 0.943 bits per heavy atom. The van der Waals surface area contributed by atoms with Crippen molar-refractivity contribution in [2.75, 3.05) is 20.8 Å². The fraction of sp³-hybridized carbons (Fsp3) is 0.348. The molecule has 1 aliphatic heterocycles. The molecule has 6 N–H and O–H groups in total. The van der Waals surface area contributed by atoms with Crippen LogP contribution in [0.25, 0.3) is 22.3 Å². The van der Waals surface area contributed by atoms with E-state index in [0.29, 0.717) is 0 Å². The molecular weight excluding hydrogens is 468 g/mol. The number of phenols is 2. The number of aromatic hydroxyl groups is 2. The number of ether oxygens (including phenoxy) is 4. The second-order valence-electron chi connectivity index (χ2n) is 7.81. The van der Waals surface area contributed by atoms with E-state index in [1.54, 1.807) is 0 Å². The summed E-state index contributed by atoms with van der Waals surface area (Å²) in [6.07, 6.45) is -8.15. The van der Waals surface area contributed by atoms with Gasteiger partial charge in [0.05, 0.1) is 20.8 Å². The zero-order valence-corrected chi connectivity index (χ0v) is 18.6. The predicted octanol–water partition coefficient (Wildman–Crippen LogP) is 0.0671. The maximum absolute atomic E-state index is 13.6. The van der Waals surface area contributed by atoms with Gasteiger partial charge in [0.15, 0.2) is 17.3 Å². The summed E-state index contributed by atoms with van der Waals surface area (Å²) in [7, 11) is 2.61. The number of fused-ring (bicyclic) bond motifs is 1. The van der Waals surface area contributed by atoms with Crippen LogP contribution in [0.5, 0.6) is 28.7 Å². The zero-order chi connectivity index (χ0) is 25.4. The van der Waals surface area contributed by atoms with Crippen LogP contribution in [0, 0.1) is 0 Å². The van der Waals surface area contributed by atoms with Crippen LogP contribution in [0.1, 0.15) is 0 Å². The number of aliphatic hydroxyl groups is 4. The highest BCUT2D eigenvalue weighted by molar-refractivity contribution is 5.88. The van der Waals surface area contributed by atoms with Crippen LogP contribution in [-0.4, -0.2) is 82.2 Å². The third kappa shape index (κ3) is 4.33. The van der Waals surface area contributed by atoms with Gasteiger partial charge in [0, 0.05) is 17.7 Å².